The molecule has 0 fully saturated rings. The molecule has 1 amide bonds. The van der Waals surface area contributed by atoms with E-state index >= 15 is 0 Å². The van der Waals surface area contributed by atoms with Crippen molar-refractivity contribution in [2.24, 2.45) is 5.92 Å². The van der Waals surface area contributed by atoms with Crippen LogP contribution < -0.4 is 11.1 Å². The highest BCUT2D eigenvalue weighted by molar-refractivity contribution is 6.01. The van der Waals surface area contributed by atoms with Gasteiger partial charge < -0.3 is 11.1 Å². The topological polar surface area (TPSA) is 55.1 Å². The third kappa shape index (κ3) is 1.90. The minimum absolute atomic E-state index is 0.0342. The van der Waals surface area contributed by atoms with Crippen LogP contribution in [0.15, 0.2) is 18.2 Å². The molecule has 0 bridgehead atoms. The average molecular weight is 218 g/mol. The van der Waals surface area contributed by atoms with Gasteiger partial charge in [0.15, 0.2) is 0 Å². The lowest BCUT2D eigenvalue weighted by Gasteiger charge is -2.27. The van der Waals surface area contributed by atoms with E-state index in [1.54, 1.807) is 6.07 Å². The summed E-state index contributed by atoms with van der Waals surface area (Å²) < 4.78 is 0. The van der Waals surface area contributed by atoms with Crippen LogP contribution in [0.4, 0.5) is 5.69 Å². The van der Waals surface area contributed by atoms with Crippen LogP contribution >= 0.6 is 0 Å². The van der Waals surface area contributed by atoms with Gasteiger partial charge in [-0.2, -0.15) is 0 Å². The van der Waals surface area contributed by atoms with Crippen LogP contribution in [0.1, 0.15) is 42.1 Å². The Morgan fingerprint density at radius 3 is 2.94 bits per heavy atom. The van der Waals surface area contributed by atoms with E-state index in [-0.39, 0.29) is 5.91 Å². The van der Waals surface area contributed by atoms with Gasteiger partial charge in [0.05, 0.1) is 5.56 Å². The lowest BCUT2D eigenvalue weighted by molar-refractivity contribution is 0.0939. The fourth-order valence-electron chi connectivity index (χ4n) is 2.38. The molecule has 0 aliphatic carbocycles. The number of benzene rings is 1. The fraction of sp³-hybridized carbons (Fsp3) is 0.462. The quantitative estimate of drug-likeness (QED) is 0.747. The van der Waals surface area contributed by atoms with Crippen molar-refractivity contribution in [3.63, 3.8) is 0 Å². The molecule has 3 N–H and O–H groups in total. The zero-order valence-electron chi connectivity index (χ0n) is 9.79. The Hall–Kier alpha value is -1.51. The van der Waals surface area contributed by atoms with Crippen LogP contribution in [0.2, 0.25) is 0 Å². The van der Waals surface area contributed by atoms with Crippen LogP contribution in [0.3, 0.4) is 0 Å². The molecule has 1 aromatic carbocycles. The maximum atomic E-state index is 11.7. The van der Waals surface area contributed by atoms with Crippen molar-refractivity contribution in [1.29, 1.82) is 0 Å². The minimum atomic E-state index is -0.0342. The number of nitrogen functional groups attached to an aromatic ring is 1. The normalized spacial score (nSPS) is 19.4. The zero-order chi connectivity index (χ0) is 11.7. The number of anilines is 1. The third-order valence-electron chi connectivity index (χ3n) is 3.06. The predicted octanol–water partition coefficient (Wildman–Crippen LogP) is 2.14. The first-order chi connectivity index (χ1) is 7.59. The van der Waals surface area contributed by atoms with Gasteiger partial charge >= 0.3 is 0 Å². The fourth-order valence-corrected chi connectivity index (χ4v) is 2.38. The molecule has 0 aromatic heterocycles. The van der Waals surface area contributed by atoms with E-state index in [0.29, 0.717) is 23.1 Å². The molecule has 86 valence electrons. The Kier molecular flexibility index (Phi) is 2.86. The highest BCUT2D eigenvalue weighted by Gasteiger charge is 2.27. The molecule has 1 atom stereocenters. The number of fused-ring (bicyclic) bond motifs is 1. The van der Waals surface area contributed by atoms with Gasteiger partial charge in [-0.3, -0.25) is 4.79 Å². The van der Waals surface area contributed by atoms with Crippen LogP contribution in [-0.4, -0.2) is 12.5 Å². The molecule has 1 unspecified atom stereocenters. The molecule has 3 heteroatoms. The number of amides is 1. The molecule has 1 heterocycles. The van der Waals surface area contributed by atoms with Crippen molar-refractivity contribution in [3.8, 4) is 0 Å². The molecule has 0 spiro atoms. The van der Waals surface area contributed by atoms with E-state index in [4.69, 9.17) is 5.73 Å². The van der Waals surface area contributed by atoms with Gasteiger partial charge in [-0.1, -0.05) is 26.0 Å². The molecular formula is C13H18N2O. The molecule has 1 aliphatic heterocycles. The first-order valence-corrected chi connectivity index (χ1v) is 5.76. The van der Waals surface area contributed by atoms with Gasteiger partial charge in [-0.15, -0.1) is 0 Å². The number of carbonyl (C=O) groups excluding carboxylic acids is 1. The second kappa shape index (κ2) is 4.16. The molecule has 2 rings (SSSR count). The summed E-state index contributed by atoms with van der Waals surface area (Å²) in [5, 5.41) is 2.92. The second-order valence-electron chi connectivity index (χ2n) is 4.85. The maximum absolute atomic E-state index is 11.7. The molecule has 16 heavy (non-hydrogen) atoms. The predicted molar refractivity (Wildman–Crippen MR) is 65.4 cm³/mol. The highest BCUT2D eigenvalue weighted by Crippen LogP contribution is 2.31. The summed E-state index contributed by atoms with van der Waals surface area (Å²) in [7, 11) is 0. The number of nitrogens with two attached hydrogens (primary N) is 1. The van der Waals surface area contributed by atoms with Gasteiger partial charge in [0.1, 0.15) is 0 Å². The number of rotatable bonds is 2. The SMILES string of the molecule is CC(C)CC1CNC(=O)c2c(N)cccc21. The first kappa shape index (κ1) is 11.0. The zero-order valence-corrected chi connectivity index (χ0v) is 9.79. The monoisotopic (exact) mass is 218 g/mol. The lowest BCUT2D eigenvalue weighted by atomic mass is 9.84. The van der Waals surface area contributed by atoms with Crippen molar-refractivity contribution >= 4 is 11.6 Å². The van der Waals surface area contributed by atoms with E-state index in [1.165, 1.54) is 0 Å². The number of nitrogens with one attached hydrogen (secondary N) is 1. The van der Waals surface area contributed by atoms with E-state index in [1.807, 2.05) is 12.1 Å². The Labute approximate surface area is 96.0 Å². The maximum Gasteiger partial charge on any atom is 0.253 e. The average Bonchev–Trinajstić information content (AvgIpc) is 2.22. The van der Waals surface area contributed by atoms with Crippen molar-refractivity contribution in [2.75, 3.05) is 12.3 Å². The van der Waals surface area contributed by atoms with Crippen molar-refractivity contribution in [1.82, 2.24) is 5.32 Å². The van der Waals surface area contributed by atoms with Crippen molar-refractivity contribution in [3.05, 3.63) is 29.3 Å². The molecule has 3 nitrogen and oxygen atoms in total. The Bertz CT molecular complexity index is 412. The van der Waals surface area contributed by atoms with Gasteiger partial charge in [0, 0.05) is 18.2 Å². The molecule has 0 saturated carbocycles. The van der Waals surface area contributed by atoms with E-state index < -0.39 is 0 Å². The highest BCUT2D eigenvalue weighted by atomic mass is 16.1. The van der Waals surface area contributed by atoms with E-state index in [9.17, 15) is 4.79 Å². The lowest BCUT2D eigenvalue weighted by Crippen LogP contribution is -2.36. The Morgan fingerprint density at radius 1 is 1.50 bits per heavy atom. The summed E-state index contributed by atoms with van der Waals surface area (Å²) in [6.45, 7) is 5.12. The summed E-state index contributed by atoms with van der Waals surface area (Å²) in [4.78, 5) is 11.7. The third-order valence-corrected chi connectivity index (χ3v) is 3.06. The van der Waals surface area contributed by atoms with Crippen LogP contribution in [0, 0.1) is 5.92 Å². The van der Waals surface area contributed by atoms with E-state index in [2.05, 4.69) is 19.2 Å². The largest absolute Gasteiger partial charge is 0.398 e. The Balaban J connectivity index is 2.40. The molecule has 1 aliphatic rings. The number of carbonyl (C=O) groups is 1. The molecular weight excluding hydrogens is 200 g/mol. The molecule has 1 aromatic rings. The first-order valence-electron chi connectivity index (χ1n) is 5.76. The summed E-state index contributed by atoms with van der Waals surface area (Å²) in [6, 6.07) is 5.74. The summed E-state index contributed by atoms with van der Waals surface area (Å²) >= 11 is 0. The smallest absolute Gasteiger partial charge is 0.253 e. The summed E-state index contributed by atoms with van der Waals surface area (Å²) in [5.41, 5.74) is 8.24. The standard InChI is InChI=1S/C13H18N2O/c1-8(2)6-9-7-15-13(16)12-10(9)4-3-5-11(12)14/h3-5,8-9H,6-7,14H2,1-2H3,(H,15,16). The van der Waals surface area contributed by atoms with E-state index in [0.717, 1.165) is 18.5 Å². The van der Waals surface area contributed by atoms with Gasteiger partial charge in [0.2, 0.25) is 0 Å². The molecule has 0 radical (unpaired) electrons. The van der Waals surface area contributed by atoms with Crippen molar-refractivity contribution in [2.45, 2.75) is 26.2 Å². The minimum Gasteiger partial charge on any atom is -0.398 e. The molecule has 0 saturated heterocycles. The summed E-state index contributed by atoms with van der Waals surface area (Å²) in [5.74, 6) is 0.985. The van der Waals surface area contributed by atoms with Gasteiger partial charge in [-0.05, 0) is 24.0 Å². The van der Waals surface area contributed by atoms with Crippen LogP contribution in [0.5, 0.6) is 0 Å². The van der Waals surface area contributed by atoms with Gasteiger partial charge in [-0.25, -0.2) is 0 Å². The number of hydrogen-bond donors (Lipinski definition) is 2. The summed E-state index contributed by atoms with van der Waals surface area (Å²) in [6.07, 6.45) is 1.08. The van der Waals surface area contributed by atoms with Crippen LogP contribution in [-0.2, 0) is 0 Å². The second-order valence-corrected chi connectivity index (χ2v) is 4.85. The Morgan fingerprint density at radius 2 is 2.25 bits per heavy atom. The van der Waals surface area contributed by atoms with Crippen LogP contribution in [0.25, 0.3) is 0 Å². The van der Waals surface area contributed by atoms with Crippen molar-refractivity contribution < 1.29 is 4.79 Å². The number of hydrogen-bond acceptors (Lipinski definition) is 2. The van der Waals surface area contributed by atoms with Gasteiger partial charge in [0.25, 0.3) is 5.91 Å².